The average Bonchev–Trinajstić information content (AvgIpc) is 2.87. The SMILES string of the molecule is CCCCC1OC1(C)Oc1ccccc1. The third-order valence-corrected chi connectivity index (χ3v) is 2.79. The molecule has 0 aromatic heterocycles. The van der Waals surface area contributed by atoms with Crippen molar-refractivity contribution in [1.82, 2.24) is 0 Å². The average molecular weight is 206 g/mol. The highest BCUT2D eigenvalue weighted by atomic mass is 16.8. The van der Waals surface area contributed by atoms with Crippen molar-refractivity contribution < 1.29 is 9.47 Å². The van der Waals surface area contributed by atoms with Gasteiger partial charge in [-0.1, -0.05) is 38.0 Å². The number of ether oxygens (including phenoxy) is 2. The van der Waals surface area contributed by atoms with Crippen molar-refractivity contribution in [1.29, 1.82) is 0 Å². The predicted octanol–water partition coefficient (Wildman–Crippen LogP) is 3.37. The minimum absolute atomic E-state index is 0.276. The molecule has 0 N–H and O–H groups in total. The minimum atomic E-state index is -0.378. The standard InChI is InChI=1S/C13H18O2/c1-3-4-10-12-13(2,15-12)14-11-8-6-5-7-9-11/h5-9,12H,3-4,10H2,1-2H3. The van der Waals surface area contributed by atoms with Crippen molar-refractivity contribution in [2.45, 2.75) is 45.0 Å². The van der Waals surface area contributed by atoms with Gasteiger partial charge < -0.3 is 9.47 Å². The Morgan fingerprint density at radius 1 is 1.33 bits per heavy atom. The summed E-state index contributed by atoms with van der Waals surface area (Å²) >= 11 is 0. The van der Waals surface area contributed by atoms with Gasteiger partial charge in [0.2, 0.25) is 5.79 Å². The van der Waals surface area contributed by atoms with Gasteiger partial charge in [-0.3, -0.25) is 0 Å². The fraction of sp³-hybridized carbons (Fsp3) is 0.538. The molecule has 0 spiro atoms. The Kier molecular flexibility index (Phi) is 2.96. The number of hydrogen-bond donors (Lipinski definition) is 0. The maximum atomic E-state index is 5.80. The van der Waals surface area contributed by atoms with Crippen LogP contribution in [0, 0.1) is 0 Å². The maximum Gasteiger partial charge on any atom is 0.234 e. The summed E-state index contributed by atoms with van der Waals surface area (Å²) < 4.78 is 11.4. The summed E-state index contributed by atoms with van der Waals surface area (Å²) in [4.78, 5) is 0. The van der Waals surface area contributed by atoms with Crippen LogP contribution in [0.2, 0.25) is 0 Å². The second kappa shape index (κ2) is 4.23. The summed E-state index contributed by atoms with van der Waals surface area (Å²) in [6, 6.07) is 9.86. The lowest BCUT2D eigenvalue weighted by Crippen LogP contribution is -2.18. The summed E-state index contributed by atoms with van der Waals surface area (Å²) in [5, 5.41) is 0. The van der Waals surface area contributed by atoms with E-state index in [4.69, 9.17) is 9.47 Å². The maximum absolute atomic E-state index is 5.80. The molecule has 2 unspecified atom stereocenters. The van der Waals surface area contributed by atoms with E-state index < -0.39 is 0 Å². The topological polar surface area (TPSA) is 21.8 Å². The third-order valence-electron chi connectivity index (χ3n) is 2.79. The Morgan fingerprint density at radius 2 is 2.07 bits per heavy atom. The van der Waals surface area contributed by atoms with Crippen molar-refractivity contribution >= 4 is 0 Å². The quantitative estimate of drug-likeness (QED) is 0.689. The highest BCUT2D eigenvalue weighted by Gasteiger charge is 2.54. The lowest BCUT2D eigenvalue weighted by Gasteiger charge is -2.10. The van der Waals surface area contributed by atoms with Crippen LogP contribution in [0.3, 0.4) is 0 Å². The van der Waals surface area contributed by atoms with Crippen molar-refractivity contribution in [3.8, 4) is 5.75 Å². The molecule has 2 rings (SSSR count). The van der Waals surface area contributed by atoms with Crippen LogP contribution in [-0.4, -0.2) is 11.9 Å². The fourth-order valence-corrected chi connectivity index (χ4v) is 1.77. The molecule has 0 aliphatic carbocycles. The van der Waals surface area contributed by atoms with E-state index in [0.29, 0.717) is 0 Å². The molecule has 2 nitrogen and oxygen atoms in total. The van der Waals surface area contributed by atoms with Crippen LogP contribution < -0.4 is 4.74 Å². The number of para-hydroxylation sites is 1. The van der Waals surface area contributed by atoms with Gasteiger partial charge >= 0.3 is 0 Å². The number of hydrogen-bond acceptors (Lipinski definition) is 2. The molecule has 1 aliphatic rings. The van der Waals surface area contributed by atoms with Crippen LogP contribution in [0.5, 0.6) is 5.75 Å². The Labute approximate surface area is 91.2 Å². The van der Waals surface area contributed by atoms with Gasteiger partial charge in [0.1, 0.15) is 11.9 Å². The van der Waals surface area contributed by atoms with Crippen LogP contribution in [0.25, 0.3) is 0 Å². The van der Waals surface area contributed by atoms with E-state index in [2.05, 4.69) is 6.92 Å². The molecule has 0 saturated carbocycles. The first kappa shape index (κ1) is 10.5. The van der Waals surface area contributed by atoms with Crippen molar-refractivity contribution in [2.75, 3.05) is 0 Å². The number of epoxide rings is 1. The molecule has 2 atom stereocenters. The monoisotopic (exact) mass is 206 g/mol. The van der Waals surface area contributed by atoms with Gasteiger partial charge in [0.15, 0.2) is 0 Å². The molecule has 1 fully saturated rings. The Balaban J connectivity index is 1.86. The molecule has 0 radical (unpaired) electrons. The van der Waals surface area contributed by atoms with Gasteiger partial charge in [-0.25, -0.2) is 0 Å². The lowest BCUT2D eigenvalue weighted by atomic mass is 10.1. The second-order valence-corrected chi connectivity index (χ2v) is 4.18. The first-order valence-electron chi connectivity index (χ1n) is 5.66. The van der Waals surface area contributed by atoms with E-state index in [1.54, 1.807) is 0 Å². The first-order valence-corrected chi connectivity index (χ1v) is 5.66. The highest BCUT2D eigenvalue weighted by Crippen LogP contribution is 2.40. The van der Waals surface area contributed by atoms with E-state index in [9.17, 15) is 0 Å². The van der Waals surface area contributed by atoms with Crippen LogP contribution in [0.15, 0.2) is 30.3 Å². The molecule has 1 aliphatic heterocycles. The van der Waals surface area contributed by atoms with Gasteiger partial charge in [0.05, 0.1) is 0 Å². The van der Waals surface area contributed by atoms with E-state index in [1.165, 1.54) is 12.8 Å². The molecule has 1 aromatic carbocycles. The first-order chi connectivity index (χ1) is 7.24. The summed E-state index contributed by atoms with van der Waals surface area (Å²) in [5.41, 5.74) is 0. The van der Waals surface area contributed by atoms with Gasteiger partial charge in [0, 0.05) is 6.92 Å². The van der Waals surface area contributed by atoms with E-state index in [-0.39, 0.29) is 11.9 Å². The molecular weight excluding hydrogens is 188 g/mol. The van der Waals surface area contributed by atoms with Gasteiger partial charge in [-0.15, -0.1) is 0 Å². The molecule has 1 saturated heterocycles. The van der Waals surface area contributed by atoms with Crippen LogP contribution in [-0.2, 0) is 4.74 Å². The Morgan fingerprint density at radius 3 is 2.73 bits per heavy atom. The summed E-state index contributed by atoms with van der Waals surface area (Å²) in [6.45, 7) is 4.21. The Bertz CT molecular complexity index is 310. The largest absolute Gasteiger partial charge is 0.460 e. The number of unbranched alkanes of at least 4 members (excludes halogenated alkanes) is 1. The zero-order valence-electron chi connectivity index (χ0n) is 9.40. The zero-order valence-corrected chi connectivity index (χ0v) is 9.40. The van der Waals surface area contributed by atoms with Crippen LogP contribution >= 0.6 is 0 Å². The lowest BCUT2D eigenvalue weighted by molar-refractivity contribution is 0.0803. The van der Waals surface area contributed by atoms with Crippen molar-refractivity contribution in [3.63, 3.8) is 0 Å². The fourth-order valence-electron chi connectivity index (χ4n) is 1.77. The van der Waals surface area contributed by atoms with Crippen molar-refractivity contribution in [3.05, 3.63) is 30.3 Å². The zero-order chi connectivity index (χ0) is 10.7. The van der Waals surface area contributed by atoms with E-state index in [0.717, 1.165) is 12.2 Å². The van der Waals surface area contributed by atoms with E-state index >= 15 is 0 Å². The van der Waals surface area contributed by atoms with Gasteiger partial charge in [-0.05, 0) is 18.6 Å². The molecule has 15 heavy (non-hydrogen) atoms. The normalized spacial score (nSPS) is 28.8. The third kappa shape index (κ3) is 2.51. The Hall–Kier alpha value is -1.02. The van der Waals surface area contributed by atoms with Gasteiger partial charge in [-0.2, -0.15) is 0 Å². The number of benzene rings is 1. The highest BCUT2D eigenvalue weighted by molar-refractivity contribution is 5.22. The van der Waals surface area contributed by atoms with E-state index in [1.807, 2.05) is 37.3 Å². The predicted molar refractivity (Wildman–Crippen MR) is 59.9 cm³/mol. The van der Waals surface area contributed by atoms with Crippen LogP contribution in [0.1, 0.15) is 33.1 Å². The minimum Gasteiger partial charge on any atom is -0.460 e. The molecular formula is C13H18O2. The van der Waals surface area contributed by atoms with Gasteiger partial charge in [0.25, 0.3) is 0 Å². The summed E-state index contributed by atoms with van der Waals surface area (Å²) in [6.07, 6.45) is 3.79. The smallest absolute Gasteiger partial charge is 0.234 e. The molecule has 0 amide bonds. The summed E-state index contributed by atoms with van der Waals surface area (Å²) in [5.74, 6) is 0.510. The number of rotatable bonds is 5. The molecule has 82 valence electrons. The van der Waals surface area contributed by atoms with Crippen molar-refractivity contribution in [2.24, 2.45) is 0 Å². The molecule has 0 bridgehead atoms. The molecule has 1 aromatic rings. The molecule has 1 heterocycles. The van der Waals surface area contributed by atoms with Crippen LogP contribution in [0.4, 0.5) is 0 Å². The second-order valence-electron chi connectivity index (χ2n) is 4.18. The summed E-state index contributed by atoms with van der Waals surface area (Å²) in [7, 11) is 0. The molecule has 2 heteroatoms.